The van der Waals surface area contributed by atoms with Crippen LogP contribution in [0.25, 0.3) is 10.9 Å². The van der Waals surface area contributed by atoms with Gasteiger partial charge in [-0.05, 0) is 107 Å². The van der Waals surface area contributed by atoms with Crippen molar-refractivity contribution in [1.82, 2.24) is 25.3 Å². The number of carbonyl (C=O) groups excluding carboxylic acids is 2. The van der Waals surface area contributed by atoms with Crippen molar-refractivity contribution < 1.29 is 9.59 Å². The van der Waals surface area contributed by atoms with Gasteiger partial charge in [0.1, 0.15) is 0 Å². The second kappa shape index (κ2) is 10.0. The molecule has 2 amide bonds. The van der Waals surface area contributed by atoms with Crippen molar-refractivity contribution in [2.45, 2.75) is 64.2 Å². The van der Waals surface area contributed by atoms with Gasteiger partial charge in [0, 0.05) is 44.2 Å². The third-order valence-electron chi connectivity index (χ3n) is 9.82. The smallest absolute Gasteiger partial charge is 0.235 e. The Kier molecular flexibility index (Phi) is 6.74. The number of amides is 2. The molecule has 1 aromatic heterocycles. The second-order valence-corrected chi connectivity index (χ2v) is 12.1. The van der Waals surface area contributed by atoms with Crippen molar-refractivity contribution in [3.63, 3.8) is 0 Å². The molecule has 0 saturated carbocycles. The lowest BCUT2D eigenvalue weighted by molar-refractivity contribution is -0.134. The summed E-state index contributed by atoms with van der Waals surface area (Å²) in [5.41, 5.74) is 5.00. The number of aromatic nitrogens is 2. The Morgan fingerprint density at radius 2 is 1.73 bits per heavy atom. The zero-order chi connectivity index (χ0) is 25.6. The van der Waals surface area contributed by atoms with Crippen LogP contribution in [0.5, 0.6) is 0 Å². The van der Waals surface area contributed by atoms with E-state index in [9.17, 15) is 9.59 Å². The highest BCUT2D eigenvalue weighted by Crippen LogP contribution is 2.40. The minimum Gasteiger partial charge on any atom is -0.371 e. The van der Waals surface area contributed by atoms with E-state index in [-0.39, 0.29) is 17.7 Å². The van der Waals surface area contributed by atoms with E-state index < -0.39 is 0 Å². The van der Waals surface area contributed by atoms with Crippen molar-refractivity contribution in [1.29, 1.82) is 0 Å². The molecule has 1 spiro atoms. The summed E-state index contributed by atoms with van der Waals surface area (Å²) in [5.74, 6) is 0.0223. The predicted octanol–water partition coefficient (Wildman–Crippen LogP) is 3.08. The maximum absolute atomic E-state index is 12.5. The van der Waals surface area contributed by atoms with E-state index in [1.54, 1.807) is 0 Å². The highest BCUT2D eigenvalue weighted by atomic mass is 16.2. The van der Waals surface area contributed by atoms with Crippen LogP contribution in [0.3, 0.4) is 0 Å². The van der Waals surface area contributed by atoms with Crippen LogP contribution in [0.4, 0.5) is 5.69 Å². The first-order valence-corrected chi connectivity index (χ1v) is 14.4. The number of rotatable bonds is 4. The molecule has 4 aliphatic rings. The third-order valence-corrected chi connectivity index (χ3v) is 9.82. The molecular weight excluding hydrogens is 464 g/mol. The molecule has 200 valence electrons. The normalized spacial score (nSPS) is 25.7. The maximum atomic E-state index is 12.5. The largest absolute Gasteiger partial charge is 0.371 e. The van der Waals surface area contributed by atoms with E-state index in [1.165, 1.54) is 82.5 Å². The Morgan fingerprint density at radius 3 is 2.43 bits per heavy atom. The van der Waals surface area contributed by atoms with E-state index in [1.807, 2.05) is 11.7 Å². The monoisotopic (exact) mass is 506 g/mol. The van der Waals surface area contributed by atoms with Crippen LogP contribution in [0.1, 0.15) is 68.5 Å². The third kappa shape index (κ3) is 4.90. The Bertz CT molecular complexity index is 1160. The van der Waals surface area contributed by atoms with Crippen molar-refractivity contribution in [2.75, 3.05) is 50.7 Å². The molecule has 4 fully saturated rings. The van der Waals surface area contributed by atoms with Crippen molar-refractivity contribution in [2.24, 2.45) is 18.4 Å². The fraction of sp³-hybridized carbons (Fsp3) is 0.690. The van der Waals surface area contributed by atoms with Crippen molar-refractivity contribution in [3.05, 3.63) is 23.4 Å². The van der Waals surface area contributed by atoms with E-state index in [0.29, 0.717) is 18.3 Å². The van der Waals surface area contributed by atoms with Crippen molar-refractivity contribution in [3.8, 4) is 0 Å². The van der Waals surface area contributed by atoms with Gasteiger partial charge in [0.15, 0.2) is 0 Å². The minimum atomic E-state index is -0.359. The van der Waals surface area contributed by atoms with Gasteiger partial charge in [-0.2, -0.15) is 5.10 Å². The molecule has 1 aromatic carbocycles. The number of aryl methyl sites for hydroxylation is 2. The number of piperidine rings is 4. The quantitative estimate of drug-likeness (QED) is 0.621. The van der Waals surface area contributed by atoms with Gasteiger partial charge in [0.25, 0.3) is 0 Å². The van der Waals surface area contributed by atoms with Gasteiger partial charge in [0.2, 0.25) is 11.8 Å². The van der Waals surface area contributed by atoms with Crippen LogP contribution in [0.2, 0.25) is 0 Å². The summed E-state index contributed by atoms with van der Waals surface area (Å²) < 4.78 is 1.90. The first-order valence-electron chi connectivity index (χ1n) is 14.4. The highest BCUT2D eigenvalue weighted by molar-refractivity contribution is 6.02. The average molecular weight is 507 g/mol. The van der Waals surface area contributed by atoms with E-state index in [2.05, 4.69) is 39.5 Å². The Balaban J connectivity index is 1.09. The molecule has 37 heavy (non-hydrogen) atoms. The average Bonchev–Trinajstić information content (AvgIpc) is 3.21. The van der Waals surface area contributed by atoms with E-state index in [4.69, 9.17) is 5.10 Å². The SMILES string of the molecule is Cc1cc2c(C3CCC(=O)NC3=O)nn(C)c2cc1N1CCC(CN2CCC3(CCNCC3)CC2)CC1. The van der Waals surface area contributed by atoms with Crippen LogP contribution in [-0.2, 0) is 16.6 Å². The molecule has 4 aliphatic heterocycles. The minimum absolute atomic E-state index is 0.186. The summed E-state index contributed by atoms with van der Waals surface area (Å²) in [5, 5.41) is 11.8. The molecule has 2 aromatic rings. The summed E-state index contributed by atoms with van der Waals surface area (Å²) in [6.45, 7) is 10.6. The molecule has 8 nitrogen and oxygen atoms in total. The van der Waals surface area contributed by atoms with Gasteiger partial charge in [-0.3, -0.25) is 19.6 Å². The van der Waals surface area contributed by atoms with Crippen LogP contribution in [0.15, 0.2) is 12.1 Å². The number of benzene rings is 1. The number of carbonyl (C=O) groups is 2. The molecule has 0 radical (unpaired) electrons. The second-order valence-electron chi connectivity index (χ2n) is 12.1. The zero-order valence-electron chi connectivity index (χ0n) is 22.5. The van der Waals surface area contributed by atoms with Crippen LogP contribution in [0, 0.1) is 18.3 Å². The van der Waals surface area contributed by atoms with Gasteiger partial charge in [-0.25, -0.2) is 0 Å². The molecule has 0 bridgehead atoms. The first-order chi connectivity index (χ1) is 17.9. The number of likely N-dealkylation sites (tertiary alicyclic amines) is 1. The van der Waals surface area contributed by atoms with E-state index >= 15 is 0 Å². The summed E-state index contributed by atoms with van der Waals surface area (Å²) >= 11 is 0. The molecule has 2 N–H and O–H groups in total. The maximum Gasteiger partial charge on any atom is 0.235 e. The molecule has 4 saturated heterocycles. The number of nitrogens with one attached hydrogen (secondary N) is 2. The topological polar surface area (TPSA) is 82.5 Å². The molecule has 6 rings (SSSR count). The summed E-state index contributed by atoms with van der Waals surface area (Å²) in [7, 11) is 1.95. The first kappa shape index (κ1) is 24.9. The van der Waals surface area contributed by atoms with E-state index in [0.717, 1.165) is 35.6 Å². The number of hydrogen-bond acceptors (Lipinski definition) is 6. The number of hydrogen-bond donors (Lipinski definition) is 2. The lowest BCUT2D eigenvalue weighted by Gasteiger charge is -2.45. The van der Waals surface area contributed by atoms with Gasteiger partial charge in [-0.1, -0.05) is 0 Å². The number of fused-ring (bicyclic) bond motifs is 1. The summed E-state index contributed by atoms with van der Waals surface area (Å²) in [6.07, 6.45) is 8.90. The van der Waals surface area contributed by atoms with Crippen LogP contribution < -0.4 is 15.5 Å². The molecule has 8 heteroatoms. The van der Waals surface area contributed by atoms with Gasteiger partial charge < -0.3 is 15.1 Å². The standard InChI is InChI=1S/C29H42N6O2/c1-20-17-23-25(33(2)32-27(23)22-3-4-26(36)31-28(22)37)18-24(20)35-13-5-21(6-14-35)19-34-15-9-29(10-16-34)7-11-30-12-8-29/h17-18,21-22,30H,3-16,19H2,1-2H3,(H,31,36,37). The lowest BCUT2D eigenvalue weighted by atomic mass is 9.71. The summed E-state index contributed by atoms with van der Waals surface area (Å²) in [4.78, 5) is 29.4. The zero-order valence-corrected chi connectivity index (χ0v) is 22.5. The molecule has 5 heterocycles. The molecular formula is C29H42N6O2. The van der Waals surface area contributed by atoms with Gasteiger partial charge >= 0.3 is 0 Å². The molecule has 0 aliphatic carbocycles. The number of anilines is 1. The Hall–Kier alpha value is -2.45. The van der Waals surface area contributed by atoms with Crippen molar-refractivity contribution >= 4 is 28.4 Å². The Morgan fingerprint density at radius 1 is 1.00 bits per heavy atom. The lowest BCUT2D eigenvalue weighted by Crippen LogP contribution is -2.47. The van der Waals surface area contributed by atoms with Crippen LogP contribution >= 0.6 is 0 Å². The summed E-state index contributed by atoms with van der Waals surface area (Å²) in [6, 6.07) is 4.46. The van der Waals surface area contributed by atoms with Gasteiger partial charge in [0.05, 0.1) is 17.1 Å². The fourth-order valence-corrected chi connectivity index (χ4v) is 7.37. The van der Waals surface area contributed by atoms with Crippen LogP contribution in [-0.4, -0.2) is 72.3 Å². The highest BCUT2D eigenvalue weighted by Gasteiger charge is 2.36. The number of imide groups is 1. The predicted molar refractivity (Wildman–Crippen MR) is 146 cm³/mol. The number of nitrogens with zero attached hydrogens (tertiary/aromatic N) is 4. The molecule has 1 unspecified atom stereocenters. The molecule has 1 atom stereocenters. The Labute approximate surface area is 220 Å². The fourth-order valence-electron chi connectivity index (χ4n) is 7.37. The van der Waals surface area contributed by atoms with Gasteiger partial charge in [-0.15, -0.1) is 0 Å².